The third-order valence-electron chi connectivity index (χ3n) is 5.48. The van der Waals surface area contributed by atoms with Gasteiger partial charge < -0.3 is 10.6 Å². The first-order chi connectivity index (χ1) is 12.6. The summed E-state index contributed by atoms with van der Waals surface area (Å²) in [5.41, 5.74) is 0.992. The van der Waals surface area contributed by atoms with E-state index in [1.165, 1.54) is 17.9 Å². The van der Waals surface area contributed by atoms with Crippen molar-refractivity contribution in [2.24, 2.45) is 5.92 Å². The van der Waals surface area contributed by atoms with Crippen LogP contribution >= 0.6 is 11.8 Å². The zero-order chi connectivity index (χ0) is 18.4. The number of hydrogen-bond donors (Lipinski definition) is 2. The average Bonchev–Trinajstić information content (AvgIpc) is 3.22. The van der Waals surface area contributed by atoms with Gasteiger partial charge in [-0.15, -0.1) is 0 Å². The molecule has 0 aromatic heterocycles. The normalized spacial score (nSPS) is 22.7. The Morgan fingerprint density at radius 2 is 1.88 bits per heavy atom. The van der Waals surface area contributed by atoms with Crippen molar-refractivity contribution in [3.63, 3.8) is 0 Å². The molecule has 0 spiro atoms. The number of benzene rings is 1. The summed E-state index contributed by atoms with van der Waals surface area (Å²) < 4.78 is 0. The predicted octanol–water partition coefficient (Wildman–Crippen LogP) is 2.20. The van der Waals surface area contributed by atoms with Gasteiger partial charge in [-0.25, -0.2) is 0 Å². The molecule has 2 fully saturated rings. The van der Waals surface area contributed by atoms with E-state index in [9.17, 15) is 9.59 Å². The number of hydrogen-bond acceptors (Lipinski definition) is 4. The molecule has 26 heavy (non-hydrogen) atoms. The molecule has 142 valence electrons. The third kappa shape index (κ3) is 5.24. The summed E-state index contributed by atoms with van der Waals surface area (Å²) in [5, 5.41) is 5.59. The van der Waals surface area contributed by atoms with Gasteiger partial charge in [-0.3, -0.25) is 14.5 Å². The van der Waals surface area contributed by atoms with Gasteiger partial charge in [0.1, 0.15) is 0 Å². The van der Waals surface area contributed by atoms with Crippen LogP contribution in [0.15, 0.2) is 30.3 Å². The summed E-state index contributed by atoms with van der Waals surface area (Å²) in [5.74, 6) is 1.95. The van der Waals surface area contributed by atoms with Gasteiger partial charge in [0.2, 0.25) is 0 Å². The van der Waals surface area contributed by atoms with Crippen LogP contribution in [0.4, 0.5) is 0 Å². The number of carbonyl (C=O) groups excluding carboxylic acids is 2. The highest BCUT2D eigenvalue weighted by molar-refractivity contribution is 7.99. The minimum atomic E-state index is -0.554. The average molecular weight is 376 g/mol. The zero-order valence-corrected chi connectivity index (χ0v) is 16.3. The van der Waals surface area contributed by atoms with E-state index >= 15 is 0 Å². The van der Waals surface area contributed by atoms with Gasteiger partial charge in [-0.1, -0.05) is 30.3 Å². The fraction of sp³-hybridized carbons (Fsp3) is 0.600. The van der Waals surface area contributed by atoms with E-state index in [1.807, 2.05) is 37.3 Å². The summed E-state index contributed by atoms with van der Waals surface area (Å²) in [6, 6.07) is 10.2. The molecule has 5 nitrogen and oxygen atoms in total. The molecule has 2 saturated heterocycles. The second-order valence-corrected chi connectivity index (χ2v) is 8.46. The molecular formula is C20H29N3O2S. The maximum absolute atomic E-state index is 12.1. The van der Waals surface area contributed by atoms with E-state index in [2.05, 4.69) is 27.3 Å². The van der Waals surface area contributed by atoms with E-state index in [-0.39, 0.29) is 6.04 Å². The fourth-order valence-corrected chi connectivity index (χ4v) is 4.99. The summed E-state index contributed by atoms with van der Waals surface area (Å²) in [6.07, 6.45) is 3.51. The van der Waals surface area contributed by atoms with Crippen LogP contribution in [-0.4, -0.2) is 53.9 Å². The Morgan fingerprint density at radius 3 is 2.54 bits per heavy atom. The van der Waals surface area contributed by atoms with Crippen molar-refractivity contribution in [1.82, 2.24) is 15.5 Å². The minimum Gasteiger partial charge on any atom is -0.348 e. The van der Waals surface area contributed by atoms with Crippen LogP contribution < -0.4 is 10.6 Å². The molecule has 2 aliphatic heterocycles. The molecule has 2 atom stereocenters. The molecule has 1 aromatic rings. The Kier molecular flexibility index (Phi) is 6.97. The zero-order valence-electron chi connectivity index (χ0n) is 15.4. The lowest BCUT2D eigenvalue weighted by atomic mass is 9.95. The SMILES string of the molecule is C[C@H](NC(=O)C(=O)NCC1CCN([C@H]2CCSC2)CC1)c1ccccc1. The highest BCUT2D eigenvalue weighted by atomic mass is 32.2. The summed E-state index contributed by atoms with van der Waals surface area (Å²) in [6.45, 7) is 4.71. The standard InChI is InChI=1S/C20H29N3O2S/c1-15(17-5-3-2-4-6-17)22-20(25)19(24)21-13-16-7-10-23(11-8-16)18-9-12-26-14-18/h2-6,15-16,18H,7-14H2,1H3,(H,21,24)(H,22,25)/t15-,18-/m0/s1. The molecule has 3 rings (SSSR count). The van der Waals surface area contributed by atoms with Crippen LogP contribution in [0.2, 0.25) is 0 Å². The third-order valence-corrected chi connectivity index (χ3v) is 6.62. The van der Waals surface area contributed by atoms with Gasteiger partial charge in [-0.05, 0) is 56.5 Å². The Hall–Kier alpha value is -1.53. The van der Waals surface area contributed by atoms with E-state index in [0.717, 1.165) is 37.5 Å². The Bertz CT molecular complexity index is 596. The molecule has 2 heterocycles. The van der Waals surface area contributed by atoms with Gasteiger partial charge in [0.15, 0.2) is 0 Å². The number of nitrogens with one attached hydrogen (secondary N) is 2. The maximum Gasteiger partial charge on any atom is 0.309 e. The first kappa shape index (κ1) is 19.2. The Morgan fingerprint density at radius 1 is 1.15 bits per heavy atom. The number of nitrogens with zero attached hydrogens (tertiary/aromatic N) is 1. The van der Waals surface area contributed by atoms with Crippen molar-refractivity contribution in [2.45, 2.75) is 38.3 Å². The molecule has 2 N–H and O–H groups in total. The van der Waals surface area contributed by atoms with Crippen LogP contribution in [0, 0.1) is 5.92 Å². The molecule has 0 bridgehead atoms. The molecule has 0 aliphatic carbocycles. The maximum atomic E-state index is 12.1. The van der Waals surface area contributed by atoms with Crippen molar-refractivity contribution in [3.8, 4) is 0 Å². The molecule has 2 aliphatic rings. The highest BCUT2D eigenvalue weighted by Gasteiger charge is 2.28. The largest absolute Gasteiger partial charge is 0.348 e. The molecule has 1 aromatic carbocycles. The summed E-state index contributed by atoms with van der Waals surface area (Å²) in [4.78, 5) is 26.8. The van der Waals surface area contributed by atoms with Crippen LogP contribution in [0.3, 0.4) is 0 Å². The molecule has 0 radical (unpaired) electrons. The minimum absolute atomic E-state index is 0.179. The lowest BCUT2D eigenvalue weighted by molar-refractivity contribution is -0.139. The molecule has 2 amide bonds. The molecule has 0 saturated carbocycles. The van der Waals surface area contributed by atoms with Crippen molar-refractivity contribution in [1.29, 1.82) is 0 Å². The van der Waals surface area contributed by atoms with Crippen molar-refractivity contribution in [3.05, 3.63) is 35.9 Å². The quantitative estimate of drug-likeness (QED) is 0.775. The van der Waals surface area contributed by atoms with E-state index < -0.39 is 11.8 Å². The summed E-state index contributed by atoms with van der Waals surface area (Å²) >= 11 is 2.05. The molecular weight excluding hydrogens is 346 g/mol. The fourth-order valence-electron chi connectivity index (χ4n) is 3.74. The van der Waals surface area contributed by atoms with E-state index in [0.29, 0.717) is 12.5 Å². The second kappa shape index (κ2) is 9.42. The number of thioether (sulfide) groups is 1. The van der Waals surface area contributed by atoms with Gasteiger partial charge in [0, 0.05) is 18.3 Å². The molecule has 6 heteroatoms. The molecule has 0 unspecified atom stereocenters. The number of likely N-dealkylation sites (tertiary alicyclic amines) is 1. The van der Waals surface area contributed by atoms with Crippen LogP contribution in [0.5, 0.6) is 0 Å². The van der Waals surface area contributed by atoms with Crippen molar-refractivity contribution >= 4 is 23.6 Å². The van der Waals surface area contributed by atoms with E-state index in [4.69, 9.17) is 0 Å². The predicted molar refractivity (Wildman–Crippen MR) is 106 cm³/mol. The summed E-state index contributed by atoms with van der Waals surface area (Å²) in [7, 11) is 0. The van der Waals surface area contributed by atoms with Crippen molar-refractivity contribution < 1.29 is 9.59 Å². The number of rotatable bonds is 5. The number of carbonyl (C=O) groups is 2. The van der Waals surface area contributed by atoms with Crippen LogP contribution in [-0.2, 0) is 9.59 Å². The monoisotopic (exact) mass is 375 g/mol. The Labute approximate surface area is 160 Å². The highest BCUT2D eigenvalue weighted by Crippen LogP contribution is 2.26. The lowest BCUT2D eigenvalue weighted by Gasteiger charge is -2.35. The van der Waals surface area contributed by atoms with Gasteiger partial charge in [0.25, 0.3) is 0 Å². The smallest absolute Gasteiger partial charge is 0.309 e. The first-order valence-corrected chi connectivity index (χ1v) is 10.7. The Balaban J connectivity index is 1.36. The lowest BCUT2D eigenvalue weighted by Crippen LogP contribution is -2.46. The van der Waals surface area contributed by atoms with Gasteiger partial charge in [-0.2, -0.15) is 11.8 Å². The van der Waals surface area contributed by atoms with Crippen LogP contribution in [0.25, 0.3) is 0 Å². The number of amides is 2. The van der Waals surface area contributed by atoms with Gasteiger partial charge in [0.05, 0.1) is 6.04 Å². The van der Waals surface area contributed by atoms with Gasteiger partial charge >= 0.3 is 11.8 Å². The number of piperidine rings is 1. The topological polar surface area (TPSA) is 61.4 Å². The second-order valence-electron chi connectivity index (χ2n) is 7.31. The van der Waals surface area contributed by atoms with Crippen LogP contribution in [0.1, 0.15) is 37.8 Å². The first-order valence-electron chi connectivity index (χ1n) is 9.59. The van der Waals surface area contributed by atoms with E-state index in [1.54, 1.807) is 0 Å². The van der Waals surface area contributed by atoms with Crippen molar-refractivity contribution in [2.75, 3.05) is 31.1 Å².